The van der Waals surface area contributed by atoms with Crippen LogP contribution in [0, 0.1) is 0 Å². The summed E-state index contributed by atoms with van der Waals surface area (Å²) in [7, 11) is 0. The molecule has 0 radical (unpaired) electrons. The summed E-state index contributed by atoms with van der Waals surface area (Å²) < 4.78 is 40.7. The van der Waals surface area contributed by atoms with E-state index < -0.39 is 23.7 Å². The normalized spacial score (nSPS) is 17.6. The third-order valence-electron chi connectivity index (χ3n) is 5.96. The molecule has 0 unspecified atom stereocenters. The number of carbonyl (C=O) groups is 2. The number of piperazine rings is 1. The maximum Gasteiger partial charge on any atom is 0.416 e. The van der Waals surface area contributed by atoms with Crippen molar-refractivity contribution in [3.63, 3.8) is 0 Å². The zero-order valence-electron chi connectivity index (χ0n) is 17.7. The van der Waals surface area contributed by atoms with Crippen molar-refractivity contribution in [2.24, 2.45) is 0 Å². The van der Waals surface area contributed by atoms with E-state index in [1.807, 2.05) is 4.90 Å². The SMILES string of the molecule is O=C(O)c1nn(C(=O)N2CCN(Cc3ccc(C(F)(F)F)cc3N3CCCC3)CC2)cc1Cl. The summed E-state index contributed by atoms with van der Waals surface area (Å²) in [4.78, 5) is 29.4. The average molecular weight is 486 g/mol. The van der Waals surface area contributed by atoms with Crippen LogP contribution in [0.4, 0.5) is 23.7 Å². The van der Waals surface area contributed by atoms with Crippen LogP contribution in [0.5, 0.6) is 0 Å². The van der Waals surface area contributed by atoms with Gasteiger partial charge in [0.15, 0.2) is 5.69 Å². The molecule has 2 aliphatic rings. The van der Waals surface area contributed by atoms with Crippen LogP contribution >= 0.6 is 11.6 Å². The van der Waals surface area contributed by atoms with Gasteiger partial charge in [-0.15, -0.1) is 0 Å². The summed E-state index contributed by atoms with van der Waals surface area (Å²) >= 11 is 5.83. The van der Waals surface area contributed by atoms with Crippen LogP contribution in [0.1, 0.15) is 34.5 Å². The van der Waals surface area contributed by atoms with Crippen molar-refractivity contribution in [1.29, 1.82) is 0 Å². The molecule has 1 aromatic heterocycles. The zero-order chi connectivity index (χ0) is 23.8. The first-order valence-electron chi connectivity index (χ1n) is 10.6. The summed E-state index contributed by atoms with van der Waals surface area (Å²) in [5, 5.41) is 12.7. The molecule has 33 heavy (non-hydrogen) atoms. The number of carbonyl (C=O) groups excluding carboxylic acids is 1. The van der Waals surface area contributed by atoms with Gasteiger partial charge in [0.25, 0.3) is 0 Å². The van der Waals surface area contributed by atoms with E-state index in [0.29, 0.717) is 38.4 Å². The van der Waals surface area contributed by atoms with E-state index in [0.717, 1.165) is 42.2 Å². The van der Waals surface area contributed by atoms with Crippen LogP contribution in [0.25, 0.3) is 0 Å². The van der Waals surface area contributed by atoms with E-state index >= 15 is 0 Å². The Morgan fingerprint density at radius 1 is 1.06 bits per heavy atom. The summed E-state index contributed by atoms with van der Waals surface area (Å²) in [6.07, 6.45) is -1.31. The van der Waals surface area contributed by atoms with Crippen LogP contribution in [0.3, 0.4) is 0 Å². The van der Waals surface area contributed by atoms with E-state index in [1.165, 1.54) is 12.3 Å². The Balaban J connectivity index is 1.43. The molecule has 0 saturated carbocycles. The largest absolute Gasteiger partial charge is 0.476 e. The molecule has 2 aliphatic heterocycles. The van der Waals surface area contributed by atoms with E-state index in [1.54, 1.807) is 11.0 Å². The minimum Gasteiger partial charge on any atom is -0.476 e. The minimum absolute atomic E-state index is 0.119. The molecular formula is C21H23ClF3N5O3. The van der Waals surface area contributed by atoms with Gasteiger partial charge in [0.2, 0.25) is 0 Å². The van der Waals surface area contributed by atoms with Gasteiger partial charge >= 0.3 is 18.2 Å². The topological polar surface area (TPSA) is 81.9 Å². The van der Waals surface area contributed by atoms with Crippen molar-refractivity contribution in [1.82, 2.24) is 19.6 Å². The number of benzene rings is 1. The smallest absolute Gasteiger partial charge is 0.416 e. The van der Waals surface area contributed by atoms with Crippen LogP contribution in [0.2, 0.25) is 5.02 Å². The lowest BCUT2D eigenvalue weighted by atomic mass is 10.1. The molecule has 2 saturated heterocycles. The molecule has 0 atom stereocenters. The molecule has 0 bridgehead atoms. The lowest BCUT2D eigenvalue weighted by Crippen LogP contribution is -2.49. The number of halogens is 4. The number of aromatic nitrogens is 2. The van der Waals surface area contributed by atoms with Crippen molar-refractivity contribution >= 4 is 29.3 Å². The maximum atomic E-state index is 13.3. The molecular weight excluding hydrogens is 463 g/mol. The first kappa shape index (κ1) is 23.4. The third kappa shape index (κ3) is 5.09. The summed E-state index contributed by atoms with van der Waals surface area (Å²) in [6.45, 7) is 3.74. The monoisotopic (exact) mass is 485 g/mol. The number of amides is 1. The van der Waals surface area contributed by atoms with Crippen molar-refractivity contribution in [2.75, 3.05) is 44.2 Å². The quantitative estimate of drug-likeness (QED) is 0.712. The Bertz CT molecular complexity index is 1040. The zero-order valence-corrected chi connectivity index (χ0v) is 18.4. The molecule has 0 spiro atoms. The summed E-state index contributed by atoms with van der Waals surface area (Å²) in [6, 6.07) is 3.43. The van der Waals surface area contributed by atoms with Gasteiger partial charge in [-0.05, 0) is 30.5 Å². The molecule has 1 N–H and O–H groups in total. The Hall–Kier alpha value is -2.79. The fourth-order valence-corrected chi connectivity index (χ4v) is 4.42. The molecule has 2 aromatic rings. The fourth-order valence-electron chi connectivity index (χ4n) is 4.21. The van der Waals surface area contributed by atoms with Gasteiger partial charge in [0, 0.05) is 51.5 Å². The van der Waals surface area contributed by atoms with E-state index in [9.17, 15) is 22.8 Å². The van der Waals surface area contributed by atoms with Gasteiger partial charge in [-0.3, -0.25) is 4.90 Å². The van der Waals surface area contributed by atoms with Crippen molar-refractivity contribution in [3.8, 4) is 0 Å². The highest BCUT2D eigenvalue weighted by Crippen LogP contribution is 2.35. The molecule has 8 nitrogen and oxygen atoms in total. The predicted molar refractivity (Wildman–Crippen MR) is 115 cm³/mol. The van der Waals surface area contributed by atoms with E-state index in [4.69, 9.17) is 16.7 Å². The number of alkyl halides is 3. The number of nitrogens with zero attached hydrogens (tertiary/aromatic N) is 5. The molecule has 12 heteroatoms. The van der Waals surface area contributed by atoms with Gasteiger partial charge in [-0.1, -0.05) is 17.7 Å². The number of carboxylic acids is 1. The number of hydrogen-bond donors (Lipinski definition) is 1. The van der Waals surface area contributed by atoms with Crippen molar-refractivity contribution < 1.29 is 27.9 Å². The minimum atomic E-state index is -4.39. The molecule has 3 heterocycles. The first-order chi connectivity index (χ1) is 15.6. The molecule has 1 aromatic carbocycles. The Morgan fingerprint density at radius 3 is 2.30 bits per heavy atom. The van der Waals surface area contributed by atoms with Gasteiger partial charge < -0.3 is 14.9 Å². The number of carboxylic acid groups (broad SMARTS) is 1. The number of rotatable bonds is 4. The second-order valence-electron chi connectivity index (χ2n) is 8.16. The van der Waals surface area contributed by atoms with E-state index in [-0.39, 0.29) is 10.7 Å². The van der Waals surface area contributed by atoms with Crippen LogP contribution < -0.4 is 4.90 Å². The third-order valence-corrected chi connectivity index (χ3v) is 6.24. The summed E-state index contributed by atoms with van der Waals surface area (Å²) in [5.41, 5.74) is 0.408. The average Bonchev–Trinajstić information content (AvgIpc) is 3.43. The molecule has 4 rings (SSSR count). The number of hydrogen-bond acceptors (Lipinski definition) is 5. The molecule has 178 valence electrons. The lowest BCUT2D eigenvalue weighted by Gasteiger charge is -2.35. The highest BCUT2D eigenvalue weighted by molar-refractivity contribution is 6.33. The Morgan fingerprint density at radius 2 is 1.73 bits per heavy atom. The van der Waals surface area contributed by atoms with Gasteiger partial charge in [0.05, 0.1) is 16.8 Å². The van der Waals surface area contributed by atoms with Gasteiger partial charge in [0.1, 0.15) is 0 Å². The highest BCUT2D eigenvalue weighted by atomic mass is 35.5. The Kier molecular flexibility index (Phi) is 6.53. The van der Waals surface area contributed by atoms with Gasteiger partial charge in [-0.25, -0.2) is 9.59 Å². The second-order valence-corrected chi connectivity index (χ2v) is 8.56. The van der Waals surface area contributed by atoms with E-state index in [2.05, 4.69) is 10.00 Å². The summed E-state index contributed by atoms with van der Waals surface area (Å²) in [5.74, 6) is -1.32. The lowest BCUT2D eigenvalue weighted by molar-refractivity contribution is -0.137. The second kappa shape index (κ2) is 9.22. The molecule has 0 aliphatic carbocycles. The Labute approximate surface area is 193 Å². The molecule has 1 amide bonds. The maximum absolute atomic E-state index is 13.3. The van der Waals surface area contributed by atoms with Crippen molar-refractivity contribution in [2.45, 2.75) is 25.6 Å². The fraction of sp³-hybridized carbons (Fsp3) is 0.476. The molecule has 2 fully saturated rings. The predicted octanol–water partition coefficient (Wildman–Crippen LogP) is 3.64. The number of aromatic carboxylic acids is 1. The standard InChI is InChI=1S/C21H23ClF3N5O3/c22-16-13-30(26-18(16)19(31)32)20(33)29-9-7-27(8-10-29)12-14-3-4-15(21(23,24)25)11-17(14)28-5-1-2-6-28/h3-4,11,13H,1-2,5-10,12H2,(H,31,32). The van der Waals surface area contributed by atoms with Crippen LogP contribution in [0.15, 0.2) is 24.4 Å². The first-order valence-corrected chi connectivity index (χ1v) is 11.0. The highest BCUT2D eigenvalue weighted by Gasteiger charge is 2.32. The van der Waals surface area contributed by atoms with Crippen LogP contribution in [-0.2, 0) is 12.7 Å². The number of anilines is 1. The van der Waals surface area contributed by atoms with Crippen LogP contribution in [-0.4, -0.2) is 76.0 Å². The van der Waals surface area contributed by atoms with Crippen molar-refractivity contribution in [3.05, 3.63) is 46.2 Å². The van der Waals surface area contributed by atoms with Gasteiger partial charge in [-0.2, -0.15) is 23.0 Å².